The van der Waals surface area contributed by atoms with Gasteiger partial charge in [-0.25, -0.2) is 14.0 Å². The second-order valence-electron chi connectivity index (χ2n) is 8.75. The number of ether oxygens (including phenoxy) is 3. The van der Waals surface area contributed by atoms with Crippen LogP contribution in [-0.4, -0.2) is 27.8 Å². The van der Waals surface area contributed by atoms with Crippen LogP contribution in [-0.2, 0) is 17.9 Å². The summed E-state index contributed by atoms with van der Waals surface area (Å²) >= 11 is 11.8. The van der Waals surface area contributed by atoms with Crippen molar-refractivity contribution in [2.75, 3.05) is 11.4 Å². The second kappa shape index (κ2) is 9.75. The molecule has 2 heterocycles. The molecule has 35 heavy (non-hydrogen) atoms. The fourth-order valence-electron chi connectivity index (χ4n) is 3.34. The van der Waals surface area contributed by atoms with E-state index in [2.05, 4.69) is 4.98 Å². The van der Waals surface area contributed by atoms with Gasteiger partial charge in [-0.05, 0) is 50.6 Å². The van der Waals surface area contributed by atoms with Gasteiger partial charge in [0.1, 0.15) is 23.8 Å². The van der Waals surface area contributed by atoms with Crippen LogP contribution in [0, 0.1) is 5.82 Å². The highest BCUT2D eigenvalue weighted by molar-refractivity contribution is 6.42. The third-order valence-corrected chi connectivity index (χ3v) is 5.64. The number of carbonyl (C=O) groups is 1. The molecule has 0 unspecified atom stereocenters. The number of amides is 1. The Hall–Kier alpha value is -3.30. The van der Waals surface area contributed by atoms with Gasteiger partial charge >= 0.3 is 11.8 Å². The summed E-state index contributed by atoms with van der Waals surface area (Å²) in [6.45, 7) is 5.79. The minimum absolute atomic E-state index is 0.00552. The van der Waals surface area contributed by atoms with Crippen LogP contribution in [0.3, 0.4) is 0 Å². The number of benzene rings is 2. The molecule has 0 saturated carbocycles. The minimum atomic E-state index is -0.684. The van der Waals surface area contributed by atoms with Gasteiger partial charge in [0.15, 0.2) is 11.6 Å². The molecule has 0 atom stereocenters. The van der Waals surface area contributed by atoms with Crippen molar-refractivity contribution in [3.63, 3.8) is 0 Å². The van der Waals surface area contributed by atoms with Gasteiger partial charge in [0.05, 0.1) is 10.0 Å². The Kier molecular flexibility index (Phi) is 6.91. The van der Waals surface area contributed by atoms with Gasteiger partial charge in [0.25, 0.3) is 0 Å². The molecular weight excluding hydrogens is 500 g/mol. The van der Waals surface area contributed by atoms with E-state index in [0.29, 0.717) is 28.7 Å². The van der Waals surface area contributed by atoms with Crippen LogP contribution in [0.25, 0.3) is 0 Å². The van der Waals surface area contributed by atoms with E-state index < -0.39 is 23.2 Å². The van der Waals surface area contributed by atoms with E-state index in [9.17, 15) is 14.0 Å². The highest BCUT2D eigenvalue weighted by Gasteiger charge is 2.30. The van der Waals surface area contributed by atoms with Crippen LogP contribution in [0.1, 0.15) is 26.3 Å². The number of rotatable bonds is 5. The third kappa shape index (κ3) is 5.86. The first-order chi connectivity index (χ1) is 16.5. The van der Waals surface area contributed by atoms with Crippen molar-refractivity contribution in [3.05, 3.63) is 74.4 Å². The zero-order valence-corrected chi connectivity index (χ0v) is 20.7. The topological polar surface area (TPSA) is 82.9 Å². The van der Waals surface area contributed by atoms with E-state index in [-0.39, 0.29) is 29.8 Å². The largest absolute Gasteiger partial charge is 0.473 e. The second-order valence-corrected chi connectivity index (χ2v) is 9.56. The standard InChI is InChI=1S/C24H22Cl2FN3O5/c1-24(2,3)35-23(32)30-9-8-29-21(30)12-20(28-22(29)31)33-13-14-4-7-19(18(27)10-14)34-15-5-6-16(25)17(26)11-15/h4-7,10-12H,8-9,13H2,1-3H3. The molecule has 0 spiro atoms. The molecule has 0 fully saturated rings. The maximum absolute atomic E-state index is 14.6. The lowest BCUT2D eigenvalue weighted by atomic mass is 10.2. The predicted octanol–water partition coefficient (Wildman–Crippen LogP) is 5.82. The summed E-state index contributed by atoms with van der Waals surface area (Å²) in [7, 11) is 0. The molecule has 1 aliphatic heterocycles. The Balaban J connectivity index is 1.46. The molecule has 8 nitrogen and oxygen atoms in total. The number of carbonyl (C=O) groups excluding carboxylic acids is 1. The van der Waals surface area contributed by atoms with Gasteiger partial charge in [0.2, 0.25) is 5.88 Å². The molecule has 1 amide bonds. The van der Waals surface area contributed by atoms with Gasteiger partial charge in [0, 0.05) is 25.2 Å². The Morgan fingerprint density at radius 3 is 2.54 bits per heavy atom. The average molecular weight is 522 g/mol. The van der Waals surface area contributed by atoms with E-state index in [0.717, 1.165) is 0 Å². The van der Waals surface area contributed by atoms with Crippen molar-refractivity contribution in [1.82, 2.24) is 9.55 Å². The summed E-state index contributed by atoms with van der Waals surface area (Å²) in [6, 6.07) is 10.4. The fourth-order valence-corrected chi connectivity index (χ4v) is 3.63. The van der Waals surface area contributed by atoms with Crippen molar-refractivity contribution in [2.45, 2.75) is 39.5 Å². The Labute approximate surface area is 210 Å². The van der Waals surface area contributed by atoms with Crippen LogP contribution in [0.5, 0.6) is 17.4 Å². The maximum Gasteiger partial charge on any atom is 0.416 e. The van der Waals surface area contributed by atoms with Crippen molar-refractivity contribution in [3.8, 4) is 17.4 Å². The zero-order valence-electron chi connectivity index (χ0n) is 19.2. The summed E-state index contributed by atoms with van der Waals surface area (Å²) in [5.41, 5.74) is -0.757. The molecule has 1 aliphatic rings. The minimum Gasteiger partial charge on any atom is -0.473 e. The Morgan fingerprint density at radius 1 is 1.09 bits per heavy atom. The SMILES string of the molecule is CC(C)(C)OC(=O)N1CCn2c1cc(OCc1ccc(Oc3ccc(Cl)c(Cl)c3)c(F)c1)nc2=O. The van der Waals surface area contributed by atoms with E-state index in [1.54, 1.807) is 39.0 Å². The summed E-state index contributed by atoms with van der Waals surface area (Å²) in [6.07, 6.45) is -0.570. The van der Waals surface area contributed by atoms with Gasteiger partial charge < -0.3 is 14.2 Å². The Morgan fingerprint density at radius 2 is 1.86 bits per heavy atom. The number of aromatic nitrogens is 2. The van der Waals surface area contributed by atoms with Crippen molar-refractivity contribution in [2.24, 2.45) is 0 Å². The van der Waals surface area contributed by atoms with Crippen molar-refractivity contribution >= 4 is 35.1 Å². The predicted molar refractivity (Wildman–Crippen MR) is 129 cm³/mol. The summed E-state index contributed by atoms with van der Waals surface area (Å²) in [5, 5.41) is 0.651. The fraction of sp³-hybridized carbons (Fsp3) is 0.292. The van der Waals surface area contributed by atoms with Crippen LogP contribution in [0.15, 0.2) is 47.3 Å². The molecule has 184 valence electrons. The van der Waals surface area contributed by atoms with Crippen LogP contribution < -0.4 is 20.1 Å². The number of nitrogens with zero attached hydrogens (tertiary/aromatic N) is 3. The molecule has 0 saturated heterocycles. The highest BCUT2D eigenvalue weighted by atomic mass is 35.5. The highest BCUT2D eigenvalue weighted by Crippen LogP contribution is 2.31. The number of hydrogen-bond acceptors (Lipinski definition) is 6. The molecule has 1 aromatic heterocycles. The van der Waals surface area contributed by atoms with Crippen LogP contribution in [0.2, 0.25) is 10.0 Å². The summed E-state index contributed by atoms with van der Waals surface area (Å²) in [4.78, 5) is 30.2. The van der Waals surface area contributed by atoms with E-state index in [4.69, 9.17) is 37.4 Å². The molecule has 0 N–H and O–H groups in total. The summed E-state index contributed by atoms with van der Waals surface area (Å²) < 4.78 is 32.5. The van der Waals surface area contributed by atoms with Gasteiger partial charge in [-0.1, -0.05) is 29.3 Å². The number of anilines is 1. The van der Waals surface area contributed by atoms with Gasteiger partial charge in [-0.2, -0.15) is 4.98 Å². The number of halogens is 3. The first-order valence-corrected chi connectivity index (χ1v) is 11.4. The van der Waals surface area contributed by atoms with Gasteiger partial charge in [-0.15, -0.1) is 0 Å². The molecule has 0 aliphatic carbocycles. The lowest BCUT2D eigenvalue weighted by molar-refractivity contribution is 0.0584. The van der Waals surface area contributed by atoms with E-state index >= 15 is 0 Å². The average Bonchev–Trinajstić information content (AvgIpc) is 3.20. The van der Waals surface area contributed by atoms with Crippen molar-refractivity contribution in [1.29, 1.82) is 0 Å². The number of fused-ring (bicyclic) bond motifs is 1. The van der Waals surface area contributed by atoms with Crippen LogP contribution in [0.4, 0.5) is 15.0 Å². The lowest BCUT2D eigenvalue weighted by Gasteiger charge is -2.24. The molecule has 0 radical (unpaired) electrons. The van der Waals surface area contributed by atoms with E-state index in [1.807, 2.05) is 0 Å². The van der Waals surface area contributed by atoms with Crippen molar-refractivity contribution < 1.29 is 23.4 Å². The monoisotopic (exact) mass is 521 g/mol. The molecule has 2 aromatic carbocycles. The molecule has 11 heteroatoms. The van der Waals surface area contributed by atoms with Gasteiger partial charge in [-0.3, -0.25) is 9.47 Å². The maximum atomic E-state index is 14.6. The lowest BCUT2D eigenvalue weighted by Crippen LogP contribution is -2.36. The molecule has 0 bridgehead atoms. The smallest absolute Gasteiger partial charge is 0.416 e. The molecule has 3 aromatic rings. The Bertz CT molecular complexity index is 1340. The number of hydrogen-bond donors (Lipinski definition) is 0. The van der Waals surface area contributed by atoms with Crippen LogP contribution >= 0.6 is 23.2 Å². The third-order valence-electron chi connectivity index (χ3n) is 4.91. The first kappa shape index (κ1) is 24.8. The van der Waals surface area contributed by atoms with E-state index in [1.165, 1.54) is 33.7 Å². The quantitative estimate of drug-likeness (QED) is 0.420. The zero-order chi connectivity index (χ0) is 25.3. The molecule has 4 rings (SSSR count). The first-order valence-electron chi connectivity index (χ1n) is 10.7. The summed E-state index contributed by atoms with van der Waals surface area (Å²) in [5.74, 6) is 0.0445. The molecular formula is C24H22Cl2FN3O5. The normalized spacial score (nSPS) is 12.9.